The number of pyridine rings is 1. The quantitative estimate of drug-likeness (QED) is 0.240. The van der Waals surface area contributed by atoms with Gasteiger partial charge in [-0.3, -0.25) is 4.90 Å². The third-order valence-corrected chi connectivity index (χ3v) is 8.11. The summed E-state index contributed by atoms with van der Waals surface area (Å²) in [4.78, 5) is 7.57. The summed E-state index contributed by atoms with van der Waals surface area (Å²) < 4.78 is 28.8. The van der Waals surface area contributed by atoms with Crippen molar-refractivity contribution in [1.29, 1.82) is 0 Å². The summed E-state index contributed by atoms with van der Waals surface area (Å²) in [7, 11) is -3.64. The van der Waals surface area contributed by atoms with Gasteiger partial charge in [0, 0.05) is 44.0 Å². The lowest BCUT2D eigenvalue weighted by atomic mass is 10.1. The highest BCUT2D eigenvalue weighted by Gasteiger charge is 2.23. The van der Waals surface area contributed by atoms with E-state index in [-0.39, 0.29) is 0 Å². The predicted octanol–water partition coefficient (Wildman–Crippen LogP) is 5.96. The van der Waals surface area contributed by atoms with Crippen molar-refractivity contribution in [2.24, 2.45) is 0 Å². The van der Waals surface area contributed by atoms with E-state index in [1.807, 2.05) is 28.8 Å². The molecule has 0 aliphatic heterocycles. The molecule has 0 radical (unpaired) electrons. The number of aromatic nitrogens is 2. The summed E-state index contributed by atoms with van der Waals surface area (Å²) in [6.45, 7) is 3.26. The number of benzene rings is 3. The van der Waals surface area contributed by atoms with Gasteiger partial charge in [0.25, 0.3) is 0 Å². The van der Waals surface area contributed by atoms with Gasteiger partial charge >= 0.3 is 0 Å². The van der Waals surface area contributed by atoms with Gasteiger partial charge in [-0.05, 0) is 41.8 Å². The van der Waals surface area contributed by atoms with Crippen LogP contribution in [0.15, 0.2) is 125 Å². The standard InChI is InChI=1S/C30H29N3O2S/c34-36(35,27-16-8-3-9-17-27)29-24-33(30-28(29)18-10-19-31-30)21-11-20-32(22-25-12-4-1-5-13-25)23-26-14-6-2-7-15-26/h1-10,12-19,24H,11,20-23H2. The fourth-order valence-electron chi connectivity index (χ4n) is 4.56. The normalized spacial score (nSPS) is 11.8. The van der Waals surface area contributed by atoms with Crippen LogP contribution < -0.4 is 0 Å². The van der Waals surface area contributed by atoms with Crippen molar-refractivity contribution >= 4 is 20.9 Å². The van der Waals surface area contributed by atoms with Crippen molar-refractivity contribution < 1.29 is 8.42 Å². The van der Waals surface area contributed by atoms with Crippen LogP contribution in [0.25, 0.3) is 11.0 Å². The third-order valence-electron chi connectivity index (χ3n) is 6.31. The number of fused-ring (bicyclic) bond motifs is 1. The van der Waals surface area contributed by atoms with Crippen LogP contribution in [0.3, 0.4) is 0 Å². The maximum absolute atomic E-state index is 13.4. The Morgan fingerprint density at radius 1 is 0.722 bits per heavy atom. The maximum Gasteiger partial charge on any atom is 0.208 e. The van der Waals surface area contributed by atoms with E-state index >= 15 is 0 Å². The average molecular weight is 496 g/mol. The molecule has 0 saturated heterocycles. The minimum atomic E-state index is -3.64. The predicted molar refractivity (Wildman–Crippen MR) is 143 cm³/mol. The summed E-state index contributed by atoms with van der Waals surface area (Å²) in [6.07, 6.45) is 4.33. The monoisotopic (exact) mass is 495 g/mol. The lowest BCUT2D eigenvalue weighted by molar-refractivity contribution is 0.249. The molecule has 2 heterocycles. The average Bonchev–Trinajstić information content (AvgIpc) is 3.30. The Morgan fingerprint density at radius 2 is 1.31 bits per heavy atom. The molecule has 5 rings (SSSR count). The molecular weight excluding hydrogens is 466 g/mol. The first-order valence-electron chi connectivity index (χ1n) is 12.2. The molecule has 0 saturated carbocycles. The number of hydrogen-bond donors (Lipinski definition) is 0. The van der Waals surface area contributed by atoms with Crippen molar-refractivity contribution in [1.82, 2.24) is 14.5 Å². The molecule has 3 aromatic carbocycles. The van der Waals surface area contributed by atoms with Crippen LogP contribution >= 0.6 is 0 Å². The van der Waals surface area contributed by atoms with E-state index in [0.29, 0.717) is 27.4 Å². The molecule has 0 aliphatic rings. The zero-order chi connectivity index (χ0) is 24.8. The fourth-order valence-corrected chi connectivity index (χ4v) is 6.05. The first-order chi connectivity index (χ1) is 17.6. The Kier molecular flexibility index (Phi) is 7.26. The van der Waals surface area contributed by atoms with E-state index in [9.17, 15) is 8.42 Å². The van der Waals surface area contributed by atoms with Crippen molar-refractivity contribution in [3.63, 3.8) is 0 Å². The van der Waals surface area contributed by atoms with Gasteiger partial charge in [0.1, 0.15) is 5.65 Å². The number of nitrogens with zero attached hydrogens (tertiary/aromatic N) is 3. The minimum absolute atomic E-state index is 0.296. The van der Waals surface area contributed by atoms with Crippen LogP contribution in [0, 0.1) is 0 Å². The molecule has 5 aromatic rings. The van der Waals surface area contributed by atoms with E-state index in [1.54, 1.807) is 42.7 Å². The number of aryl methyl sites for hydroxylation is 1. The van der Waals surface area contributed by atoms with Gasteiger partial charge < -0.3 is 4.57 Å². The van der Waals surface area contributed by atoms with Crippen LogP contribution in [-0.2, 0) is 29.5 Å². The highest BCUT2D eigenvalue weighted by Crippen LogP contribution is 2.29. The SMILES string of the molecule is O=S(=O)(c1ccccc1)c1cn(CCCN(Cc2ccccc2)Cc2ccccc2)c2ncccc12. The highest BCUT2D eigenvalue weighted by atomic mass is 32.2. The molecule has 0 aliphatic carbocycles. The van der Waals surface area contributed by atoms with Gasteiger partial charge in [0.15, 0.2) is 0 Å². The van der Waals surface area contributed by atoms with Crippen molar-refractivity contribution in [2.45, 2.75) is 35.8 Å². The molecule has 0 N–H and O–H groups in total. The second-order valence-electron chi connectivity index (χ2n) is 8.91. The molecule has 182 valence electrons. The minimum Gasteiger partial charge on any atom is -0.331 e. The maximum atomic E-state index is 13.4. The second kappa shape index (κ2) is 10.9. The molecule has 0 fully saturated rings. The first kappa shape index (κ1) is 24.0. The van der Waals surface area contributed by atoms with Gasteiger partial charge in [-0.1, -0.05) is 78.9 Å². The summed E-state index contributed by atoms with van der Waals surface area (Å²) >= 11 is 0. The Labute approximate surface area is 212 Å². The zero-order valence-corrected chi connectivity index (χ0v) is 20.9. The molecule has 6 heteroatoms. The topological polar surface area (TPSA) is 55.2 Å². The lowest BCUT2D eigenvalue weighted by Gasteiger charge is -2.23. The lowest BCUT2D eigenvalue weighted by Crippen LogP contribution is -2.25. The smallest absolute Gasteiger partial charge is 0.208 e. The molecule has 36 heavy (non-hydrogen) atoms. The van der Waals surface area contributed by atoms with Crippen molar-refractivity contribution in [3.05, 3.63) is 127 Å². The fraction of sp³-hybridized carbons (Fsp3) is 0.167. The third kappa shape index (κ3) is 5.40. The summed E-state index contributed by atoms with van der Waals surface area (Å²) in [5, 5.41) is 0.659. The van der Waals surface area contributed by atoms with Crippen LogP contribution in [0.5, 0.6) is 0 Å². The number of sulfone groups is 1. The van der Waals surface area contributed by atoms with E-state index < -0.39 is 9.84 Å². The Hall–Kier alpha value is -3.74. The number of hydrogen-bond acceptors (Lipinski definition) is 4. The molecule has 0 amide bonds. The summed E-state index contributed by atoms with van der Waals surface area (Å²) in [6, 6.07) is 33.2. The van der Waals surface area contributed by atoms with Crippen LogP contribution in [0.2, 0.25) is 0 Å². The van der Waals surface area contributed by atoms with Gasteiger partial charge in [-0.2, -0.15) is 0 Å². The molecule has 0 bridgehead atoms. The first-order valence-corrected chi connectivity index (χ1v) is 13.6. The molecule has 0 atom stereocenters. The molecule has 2 aromatic heterocycles. The highest BCUT2D eigenvalue weighted by molar-refractivity contribution is 7.91. The van der Waals surface area contributed by atoms with Crippen LogP contribution in [0.1, 0.15) is 17.5 Å². The van der Waals surface area contributed by atoms with Gasteiger partial charge in [-0.15, -0.1) is 0 Å². The van der Waals surface area contributed by atoms with Crippen LogP contribution in [-0.4, -0.2) is 29.4 Å². The summed E-state index contributed by atoms with van der Waals surface area (Å²) in [5.74, 6) is 0. The Morgan fingerprint density at radius 3 is 1.92 bits per heavy atom. The van der Waals surface area contributed by atoms with E-state index in [0.717, 1.165) is 26.1 Å². The molecule has 5 nitrogen and oxygen atoms in total. The van der Waals surface area contributed by atoms with E-state index in [1.165, 1.54) is 11.1 Å². The van der Waals surface area contributed by atoms with Gasteiger partial charge in [0.2, 0.25) is 9.84 Å². The Balaban J connectivity index is 1.36. The van der Waals surface area contributed by atoms with E-state index in [2.05, 4.69) is 58.4 Å². The zero-order valence-electron chi connectivity index (χ0n) is 20.1. The van der Waals surface area contributed by atoms with Gasteiger partial charge in [-0.25, -0.2) is 13.4 Å². The number of rotatable bonds is 10. The second-order valence-corrected chi connectivity index (χ2v) is 10.8. The van der Waals surface area contributed by atoms with Crippen molar-refractivity contribution in [3.8, 4) is 0 Å². The molecule has 0 unspecified atom stereocenters. The van der Waals surface area contributed by atoms with Crippen LogP contribution in [0.4, 0.5) is 0 Å². The van der Waals surface area contributed by atoms with Crippen molar-refractivity contribution in [2.75, 3.05) is 6.54 Å². The Bertz CT molecular complexity index is 1470. The largest absolute Gasteiger partial charge is 0.331 e. The molecular formula is C30H29N3O2S. The van der Waals surface area contributed by atoms with E-state index in [4.69, 9.17) is 0 Å². The molecule has 0 spiro atoms. The summed E-state index contributed by atoms with van der Waals surface area (Å²) in [5.41, 5.74) is 3.25. The van der Waals surface area contributed by atoms with Gasteiger partial charge in [0.05, 0.1) is 9.79 Å².